The second kappa shape index (κ2) is 7.99. The number of benzene rings is 4. The smallest absolute Gasteiger partial charge is 0.0799 e. The number of allylic oxidation sites excluding steroid dienone is 4. The Morgan fingerprint density at radius 3 is 2.07 bits per heavy atom. The van der Waals surface area contributed by atoms with E-state index < -0.39 is 0 Å². The SMILES string of the molecule is CC1C=CC2(C)C3=C1C(C)C1=C(C3(C)Nc3ccc(-n4c5ccccc5c5ccccc54)cc32)C(C)(C)c2ccccc21. The maximum absolute atomic E-state index is 4.22. The van der Waals surface area contributed by atoms with Gasteiger partial charge in [0.15, 0.2) is 0 Å². The molecule has 0 spiro atoms. The number of rotatable bonds is 1. The number of hydrogen-bond donors (Lipinski definition) is 1. The molecule has 4 atom stereocenters. The number of hydrogen-bond acceptors (Lipinski definition) is 1. The third-order valence-electron chi connectivity index (χ3n) is 11.5. The quantitative estimate of drug-likeness (QED) is 0.203. The Balaban J connectivity index is 1.32. The van der Waals surface area contributed by atoms with Crippen LogP contribution in [0.5, 0.6) is 0 Å². The van der Waals surface area contributed by atoms with Gasteiger partial charge in [-0.15, -0.1) is 0 Å². The first-order valence-corrected chi connectivity index (χ1v) is 15.9. The van der Waals surface area contributed by atoms with Gasteiger partial charge in [0.25, 0.3) is 0 Å². The minimum absolute atomic E-state index is 0.0633. The average Bonchev–Trinajstić information content (AvgIpc) is 3.47. The van der Waals surface area contributed by atoms with Crippen molar-refractivity contribution in [3.8, 4) is 5.69 Å². The lowest BCUT2D eigenvalue weighted by molar-refractivity contribution is 0.438. The normalized spacial score (nSPS) is 28.0. The Kier molecular flexibility index (Phi) is 4.69. The van der Waals surface area contributed by atoms with Crippen LogP contribution in [-0.4, -0.2) is 10.1 Å². The lowest BCUT2D eigenvalue weighted by Crippen LogP contribution is -2.56. The maximum Gasteiger partial charge on any atom is 0.0799 e. The van der Waals surface area contributed by atoms with E-state index in [-0.39, 0.29) is 16.4 Å². The third-order valence-corrected chi connectivity index (χ3v) is 11.5. The van der Waals surface area contributed by atoms with Gasteiger partial charge < -0.3 is 9.88 Å². The zero-order valence-electron chi connectivity index (χ0n) is 25.9. The lowest BCUT2D eigenvalue weighted by Gasteiger charge is -2.57. The molecule has 0 saturated carbocycles. The van der Waals surface area contributed by atoms with Gasteiger partial charge in [0.05, 0.1) is 16.6 Å². The summed E-state index contributed by atoms with van der Waals surface area (Å²) in [6.45, 7) is 14.7. The summed E-state index contributed by atoms with van der Waals surface area (Å²) in [6.07, 6.45) is 5.01. The summed E-state index contributed by atoms with van der Waals surface area (Å²) in [5, 5.41) is 6.82. The van der Waals surface area contributed by atoms with Crippen LogP contribution in [0.1, 0.15) is 58.2 Å². The highest BCUT2D eigenvalue weighted by Crippen LogP contribution is 2.66. The van der Waals surface area contributed by atoms with Crippen LogP contribution in [0.15, 0.2) is 120 Å². The topological polar surface area (TPSA) is 17.0 Å². The molecule has 0 amide bonds. The Morgan fingerprint density at radius 1 is 0.698 bits per heavy atom. The molecule has 43 heavy (non-hydrogen) atoms. The van der Waals surface area contributed by atoms with Crippen molar-refractivity contribution in [3.63, 3.8) is 0 Å². The maximum atomic E-state index is 4.22. The van der Waals surface area contributed by atoms with Crippen LogP contribution in [0.25, 0.3) is 33.1 Å². The Bertz CT molecular complexity index is 2100. The number of aromatic nitrogens is 1. The lowest BCUT2D eigenvalue weighted by atomic mass is 9.51. The molecule has 2 heteroatoms. The van der Waals surface area contributed by atoms with E-state index in [1.165, 1.54) is 49.9 Å². The molecule has 4 aromatic carbocycles. The molecule has 3 aliphatic carbocycles. The van der Waals surface area contributed by atoms with Crippen molar-refractivity contribution in [2.75, 3.05) is 5.32 Å². The molecule has 1 N–H and O–H groups in total. The van der Waals surface area contributed by atoms with Gasteiger partial charge in [-0.25, -0.2) is 0 Å². The van der Waals surface area contributed by atoms with Crippen molar-refractivity contribution in [2.24, 2.45) is 11.8 Å². The molecule has 4 unspecified atom stereocenters. The second-order valence-electron chi connectivity index (χ2n) is 14.2. The molecular weight excluding hydrogens is 520 g/mol. The van der Waals surface area contributed by atoms with Gasteiger partial charge in [-0.05, 0) is 83.5 Å². The average molecular weight is 559 g/mol. The molecule has 0 bridgehead atoms. The highest BCUT2D eigenvalue weighted by molar-refractivity contribution is 6.09. The molecule has 1 aromatic heterocycles. The number of fused-ring (bicyclic) bond motifs is 8. The Morgan fingerprint density at radius 2 is 1.35 bits per heavy atom. The minimum Gasteiger partial charge on any atom is -0.372 e. The zero-order valence-corrected chi connectivity index (χ0v) is 25.9. The fraction of sp³-hybridized carbons (Fsp3) is 0.268. The van der Waals surface area contributed by atoms with E-state index in [4.69, 9.17) is 0 Å². The molecule has 0 radical (unpaired) electrons. The van der Waals surface area contributed by atoms with E-state index in [0.29, 0.717) is 11.8 Å². The van der Waals surface area contributed by atoms with Crippen molar-refractivity contribution < 1.29 is 0 Å². The molecule has 5 aromatic rings. The van der Waals surface area contributed by atoms with Crippen molar-refractivity contribution in [2.45, 2.75) is 57.9 Å². The van der Waals surface area contributed by atoms with Crippen LogP contribution in [0.4, 0.5) is 5.69 Å². The van der Waals surface area contributed by atoms with Crippen molar-refractivity contribution >= 4 is 33.1 Å². The molecule has 2 heterocycles. The van der Waals surface area contributed by atoms with Gasteiger partial charge in [0.1, 0.15) is 0 Å². The van der Waals surface area contributed by atoms with E-state index in [1.807, 2.05) is 0 Å². The fourth-order valence-corrected chi connectivity index (χ4v) is 9.99. The van der Waals surface area contributed by atoms with Gasteiger partial charge in [-0.2, -0.15) is 0 Å². The van der Waals surface area contributed by atoms with E-state index in [2.05, 4.69) is 155 Å². The molecule has 212 valence electrons. The first-order chi connectivity index (χ1) is 20.7. The number of anilines is 1. The van der Waals surface area contributed by atoms with Crippen molar-refractivity contribution in [3.05, 3.63) is 137 Å². The fourth-order valence-electron chi connectivity index (χ4n) is 9.99. The first-order valence-electron chi connectivity index (χ1n) is 15.9. The van der Waals surface area contributed by atoms with Crippen LogP contribution >= 0.6 is 0 Å². The summed E-state index contributed by atoms with van der Waals surface area (Å²) in [7, 11) is 0. The van der Waals surface area contributed by atoms with E-state index in [0.717, 1.165) is 0 Å². The molecule has 4 aliphatic rings. The van der Waals surface area contributed by atoms with E-state index >= 15 is 0 Å². The number of para-hydroxylation sites is 2. The van der Waals surface area contributed by atoms with Crippen LogP contribution in [0.2, 0.25) is 0 Å². The monoisotopic (exact) mass is 558 g/mol. The van der Waals surface area contributed by atoms with Crippen LogP contribution < -0.4 is 5.32 Å². The van der Waals surface area contributed by atoms with Crippen molar-refractivity contribution in [1.82, 2.24) is 4.57 Å². The minimum atomic E-state index is -0.283. The third kappa shape index (κ3) is 2.90. The second-order valence-corrected chi connectivity index (χ2v) is 14.2. The summed E-state index contributed by atoms with van der Waals surface area (Å²) in [6, 6.07) is 33.9. The van der Waals surface area contributed by atoms with E-state index in [9.17, 15) is 0 Å². The Hall–Kier alpha value is -4.30. The standard InChI is InChI=1S/C41H38N2/c1-24-21-22-40(5)31-23-26(43-33-17-11-8-13-27(33)28-14-9-12-18-34(28)43)19-20-32(31)42-41(6)37-36(25(2)35(24)38(40)41)29-15-7-10-16-30(29)39(37,3)4/h7-25,42H,1-6H3. The highest BCUT2D eigenvalue weighted by Gasteiger charge is 2.59. The molecule has 0 fully saturated rings. The summed E-state index contributed by atoms with van der Waals surface area (Å²) in [4.78, 5) is 0. The number of nitrogens with one attached hydrogen (secondary N) is 1. The molecule has 2 nitrogen and oxygen atoms in total. The van der Waals surface area contributed by atoms with Crippen LogP contribution in [0, 0.1) is 11.8 Å². The Labute approximate surface area is 254 Å². The zero-order chi connectivity index (χ0) is 29.5. The largest absolute Gasteiger partial charge is 0.372 e. The molecule has 9 rings (SSSR count). The van der Waals surface area contributed by atoms with Gasteiger partial charge in [0.2, 0.25) is 0 Å². The van der Waals surface area contributed by atoms with Crippen LogP contribution in [0.3, 0.4) is 0 Å². The highest BCUT2D eigenvalue weighted by atomic mass is 15.0. The summed E-state index contributed by atoms with van der Waals surface area (Å²) in [5.41, 5.74) is 14.9. The summed E-state index contributed by atoms with van der Waals surface area (Å²) < 4.78 is 2.45. The van der Waals surface area contributed by atoms with Gasteiger partial charge >= 0.3 is 0 Å². The van der Waals surface area contributed by atoms with Crippen LogP contribution in [-0.2, 0) is 10.8 Å². The van der Waals surface area contributed by atoms with Gasteiger partial charge in [-0.1, -0.05) is 106 Å². The summed E-state index contributed by atoms with van der Waals surface area (Å²) in [5.74, 6) is 0.760. The molecular formula is C41H38N2. The van der Waals surface area contributed by atoms with Crippen molar-refractivity contribution in [1.29, 1.82) is 0 Å². The van der Waals surface area contributed by atoms with E-state index in [1.54, 1.807) is 22.3 Å². The predicted molar refractivity (Wildman–Crippen MR) is 181 cm³/mol. The number of nitrogens with zero attached hydrogens (tertiary/aromatic N) is 1. The molecule has 1 aliphatic heterocycles. The first kappa shape index (κ1) is 25.2. The summed E-state index contributed by atoms with van der Waals surface area (Å²) >= 11 is 0. The van der Waals surface area contributed by atoms with Gasteiger partial charge in [0, 0.05) is 38.9 Å². The van der Waals surface area contributed by atoms with Gasteiger partial charge in [-0.3, -0.25) is 0 Å². The predicted octanol–water partition coefficient (Wildman–Crippen LogP) is 10.1. The molecule has 0 saturated heterocycles.